The van der Waals surface area contributed by atoms with E-state index in [4.69, 9.17) is 4.42 Å². The summed E-state index contributed by atoms with van der Waals surface area (Å²) in [5.74, 6) is 1.64. The third kappa shape index (κ3) is 3.88. The second-order valence-electron chi connectivity index (χ2n) is 6.90. The number of hydrogen-bond donors (Lipinski definition) is 1. The van der Waals surface area contributed by atoms with E-state index in [1.807, 2.05) is 0 Å². The van der Waals surface area contributed by atoms with Gasteiger partial charge in [-0.25, -0.2) is 13.4 Å². The minimum Gasteiger partial charge on any atom is -0.440 e. The molecule has 146 valence electrons. The highest BCUT2D eigenvalue weighted by atomic mass is 32.2. The molecule has 1 aliphatic rings. The first-order chi connectivity index (χ1) is 13.4. The van der Waals surface area contributed by atoms with Crippen molar-refractivity contribution in [2.75, 3.05) is 4.72 Å². The van der Waals surface area contributed by atoms with Gasteiger partial charge in [0.25, 0.3) is 10.0 Å². The molecule has 8 heteroatoms. The Hall–Kier alpha value is -2.45. The van der Waals surface area contributed by atoms with Crippen LogP contribution in [-0.2, 0) is 10.0 Å². The van der Waals surface area contributed by atoms with Gasteiger partial charge in [0.05, 0.1) is 11.1 Å². The number of aromatic nitrogens is 1. The van der Waals surface area contributed by atoms with Gasteiger partial charge in [-0.05, 0) is 56.2 Å². The van der Waals surface area contributed by atoms with Crippen LogP contribution in [0.5, 0.6) is 0 Å². The van der Waals surface area contributed by atoms with Crippen molar-refractivity contribution < 1.29 is 17.6 Å². The number of thiophene rings is 1. The minimum absolute atomic E-state index is 0.0682. The fraction of sp³-hybridized carbons (Fsp3) is 0.300. The van der Waals surface area contributed by atoms with Gasteiger partial charge in [0.2, 0.25) is 0 Å². The molecule has 0 aliphatic heterocycles. The van der Waals surface area contributed by atoms with E-state index in [1.165, 1.54) is 19.8 Å². The number of nitrogens with one attached hydrogen (secondary N) is 1. The quantitative estimate of drug-likeness (QED) is 0.567. The van der Waals surface area contributed by atoms with E-state index in [0.29, 0.717) is 22.9 Å². The van der Waals surface area contributed by atoms with Crippen molar-refractivity contribution in [3.05, 3.63) is 54.0 Å². The van der Waals surface area contributed by atoms with E-state index in [1.54, 1.807) is 42.6 Å². The number of Topliss-reactive ketones (excluding diaryl/α,β-unsaturated/α-hetero) is 1. The second-order valence-corrected chi connectivity index (χ2v) is 9.89. The lowest BCUT2D eigenvalue weighted by atomic mass is 10.1. The Morgan fingerprint density at radius 2 is 1.86 bits per heavy atom. The van der Waals surface area contributed by atoms with Crippen molar-refractivity contribution >= 4 is 32.8 Å². The number of oxazole rings is 1. The van der Waals surface area contributed by atoms with Crippen LogP contribution in [0.15, 0.2) is 51.2 Å². The molecular formula is C20H20N2O4S2. The Morgan fingerprint density at radius 1 is 1.14 bits per heavy atom. The predicted molar refractivity (Wildman–Crippen MR) is 108 cm³/mol. The highest BCUT2D eigenvalue weighted by Gasteiger charge is 2.23. The predicted octanol–water partition coefficient (Wildman–Crippen LogP) is 5.06. The van der Waals surface area contributed by atoms with Crippen LogP contribution in [0.25, 0.3) is 10.6 Å². The first-order valence-corrected chi connectivity index (χ1v) is 11.4. The number of benzene rings is 1. The summed E-state index contributed by atoms with van der Waals surface area (Å²) in [4.78, 5) is 16.4. The molecule has 0 bridgehead atoms. The maximum absolute atomic E-state index is 12.7. The molecule has 1 N–H and O–H groups in total. The Bertz CT molecular complexity index is 1090. The molecule has 0 saturated heterocycles. The number of nitrogens with zero attached hydrogens (tertiary/aromatic N) is 1. The Labute approximate surface area is 167 Å². The van der Waals surface area contributed by atoms with Crippen LogP contribution in [0.4, 0.5) is 5.69 Å². The summed E-state index contributed by atoms with van der Waals surface area (Å²) in [5.41, 5.74) is 0.938. The van der Waals surface area contributed by atoms with Crippen LogP contribution >= 0.6 is 11.3 Å². The number of ketones is 1. The van der Waals surface area contributed by atoms with Crippen molar-refractivity contribution in [3.8, 4) is 10.6 Å². The zero-order valence-electron chi connectivity index (χ0n) is 15.3. The van der Waals surface area contributed by atoms with Crippen LogP contribution in [0.2, 0.25) is 0 Å². The highest BCUT2D eigenvalue weighted by molar-refractivity contribution is 7.94. The van der Waals surface area contributed by atoms with E-state index < -0.39 is 10.0 Å². The van der Waals surface area contributed by atoms with Crippen LogP contribution < -0.4 is 4.72 Å². The Morgan fingerprint density at radius 3 is 2.54 bits per heavy atom. The lowest BCUT2D eigenvalue weighted by Crippen LogP contribution is -2.11. The van der Waals surface area contributed by atoms with Gasteiger partial charge >= 0.3 is 0 Å². The maximum atomic E-state index is 12.7. The van der Waals surface area contributed by atoms with Crippen LogP contribution in [0.3, 0.4) is 0 Å². The summed E-state index contributed by atoms with van der Waals surface area (Å²) in [6.45, 7) is 1.47. The van der Waals surface area contributed by atoms with E-state index in [2.05, 4.69) is 9.71 Å². The molecule has 2 heterocycles. The fourth-order valence-corrected chi connectivity index (χ4v) is 5.65. The van der Waals surface area contributed by atoms with Crippen molar-refractivity contribution in [2.45, 2.75) is 42.7 Å². The molecule has 1 saturated carbocycles. The maximum Gasteiger partial charge on any atom is 0.271 e. The zero-order valence-corrected chi connectivity index (χ0v) is 17.0. The lowest BCUT2D eigenvalue weighted by Gasteiger charge is -2.06. The summed E-state index contributed by atoms with van der Waals surface area (Å²) in [7, 11) is -3.72. The molecule has 3 aromatic rings. The molecule has 1 aliphatic carbocycles. The third-order valence-corrected chi connectivity index (χ3v) is 7.83. The smallest absolute Gasteiger partial charge is 0.271 e. The molecule has 6 nitrogen and oxygen atoms in total. The van der Waals surface area contributed by atoms with Crippen LogP contribution in [0.1, 0.15) is 54.8 Å². The second kappa shape index (κ2) is 7.52. The molecule has 0 amide bonds. The molecule has 0 atom stereocenters. The molecule has 1 aromatic carbocycles. The van der Waals surface area contributed by atoms with Gasteiger partial charge in [-0.3, -0.25) is 9.52 Å². The van der Waals surface area contributed by atoms with E-state index in [-0.39, 0.29) is 9.99 Å². The number of anilines is 1. The minimum atomic E-state index is -3.72. The Kier molecular flexibility index (Phi) is 5.07. The molecule has 2 aromatic heterocycles. The van der Waals surface area contributed by atoms with Gasteiger partial charge in [0.1, 0.15) is 4.21 Å². The molecule has 0 spiro atoms. The molecule has 1 fully saturated rings. The van der Waals surface area contributed by atoms with Crippen LogP contribution in [0, 0.1) is 0 Å². The fourth-order valence-electron chi connectivity index (χ4n) is 3.34. The first kappa shape index (κ1) is 18.9. The first-order valence-electron chi connectivity index (χ1n) is 9.12. The van der Waals surface area contributed by atoms with Crippen molar-refractivity contribution in [1.29, 1.82) is 0 Å². The Balaban J connectivity index is 1.52. The van der Waals surface area contributed by atoms with Crippen molar-refractivity contribution in [1.82, 2.24) is 4.98 Å². The summed E-state index contributed by atoms with van der Waals surface area (Å²) in [6.07, 6.45) is 6.25. The standard InChI is InChI=1S/C20H20N2O4S2/c1-13(23)14-6-8-16(9-7-14)22-28(24,25)19-11-10-18(27-19)17-12-21-20(26-17)15-4-2-3-5-15/h6-12,15,22H,2-5H2,1H3. The SMILES string of the molecule is CC(=O)c1ccc(NS(=O)(=O)c2ccc(-c3cnc(C4CCCC4)o3)s2)cc1. The van der Waals surface area contributed by atoms with Gasteiger partial charge in [-0.15, -0.1) is 11.3 Å². The summed E-state index contributed by atoms with van der Waals surface area (Å²) < 4.78 is 33.9. The van der Waals surface area contributed by atoms with Crippen molar-refractivity contribution in [2.24, 2.45) is 0 Å². The van der Waals surface area contributed by atoms with Crippen LogP contribution in [-0.4, -0.2) is 19.2 Å². The molecular weight excluding hydrogens is 396 g/mol. The monoisotopic (exact) mass is 416 g/mol. The number of hydrogen-bond acceptors (Lipinski definition) is 6. The van der Waals surface area contributed by atoms with E-state index in [9.17, 15) is 13.2 Å². The average Bonchev–Trinajstić information content (AvgIpc) is 3.40. The highest BCUT2D eigenvalue weighted by Crippen LogP contribution is 2.37. The van der Waals surface area contributed by atoms with Gasteiger partial charge in [-0.2, -0.15) is 0 Å². The third-order valence-electron chi connectivity index (χ3n) is 4.86. The van der Waals surface area contributed by atoms with Gasteiger partial charge in [0, 0.05) is 17.2 Å². The van der Waals surface area contributed by atoms with Gasteiger partial charge in [-0.1, -0.05) is 12.8 Å². The van der Waals surface area contributed by atoms with E-state index in [0.717, 1.165) is 34.9 Å². The van der Waals surface area contributed by atoms with Gasteiger partial charge < -0.3 is 4.42 Å². The normalized spacial score (nSPS) is 15.0. The number of sulfonamides is 1. The van der Waals surface area contributed by atoms with Crippen molar-refractivity contribution in [3.63, 3.8) is 0 Å². The summed E-state index contributed by atoms with van der Waals surface area (Å²) in [6, 6.07) is 9.64. The molecule has 4 rings (SSSR count). The average molecular weight is 417 g/mol. The molecule has 0 radical (unpaired) electrons. The number of carbonyl (C=O) groups excluding carboxylic acids is 1. The molecule has 28 heavy (non-hydrogen) atoms. The zero-order chi connectivity index (χ0) is 19.7. The van der Waals surface area contributed by atoms with E-state index >= 15 is 0 Å². The lowest BCUT2D eigenvalue weighted by molar-refractivity contribution is 0.101. The summed E-state index contributed by atoms with van der Waals surface area (Å²) in [5, 5.41) is 0. The van der Waals surface area contributed by atoms with Gasteiger partial charge in [0.15, 0.2) is 17.4 Å². The molecule has 0 unspecified atom stereocenters. The number of carbonyl (C=O) groups is 1. The largest absolute Gasteiger partial charge is 0.440 e. The topological polar surface area (TPSA) is 89.3 Å². The summed E-state index contributed by atoms with van der Waals surface area (Å²) >= 11 is 1.14. The number of rotatable bonds is 6.